The Morgan fingerprint density at radius 1 is 1.26 bits per heavy atom. The summed E-state index contributed by atoms with van der Waals surface area (Å²) in [5.41, 5.74) is 9.89. The first-order valence-corrected chi connectivity index (χ1v) is 18.0. The molecule has 276 valence electrons. The number of thioether (sulfide) groups is 1. The summed E-state index contributed by atoms with van der Waals surface area (Å²) in [5.74, 6) is -5.16. The van der Waals surface area contributed by atoms with Gasteiger partial charge >= 0.3 is 11.9 Å². The highest BCUT2D eigenvalue weighted by molar-refractivity contribution is 8.00. The van der Waals surface area contributed by atoms with Crippen LogP contribution in [0.2, 0.25) is 9.36 Å². The van der Waals surface area contributed by atoms with Crippen LogP contribution in [-0.2, 0) is 37.1 Å². The minimum Gasteiger partial charge on any atom is -0.478 e. The summed E-state index contributed by atoms with van der Waals surface area (Å²) in [6.45, 7) is 2.56. The van der Waals surface area contributed by atoms with E-state index in [0.717, 1.165) is 27.7 Å². The highest BCUT2D eigenvalue weighted by Gasteiger charge is 2.55. The van der Waals surface area contributed by atoms with Gasteiger partial charge in [0, 0.05) is 45.1 Å². The quantitative estimate of drug-likeness (QED) is 0.0400. The number of amidine groups is 1. The van der Waals surface area contributed by atoms with Gasteiger partial charge in [0.05, 0.1) is 6.54 Å². The van der Waals surface area contributed by atoms with Gasteiger partial charge in [0.25, 0.3) is 11.8 Å². The monoisotopic (exact) mass is 804 g/mol. The number of fused-ring (bicyclic) bond motifs is 2. The first kappa shape index (κ1) is 37.5. The van der Waals surface area contributed by atoms with Gasteiger partial charge in [0.15, 0.2) is 29.8 Å². The maximum absolute atomic E-state index is 15.0. The maximum atomic E-state index is 15.0. The lowest BCUT2D eigenvalue weighted by Crippen LogP contribution is -2.71. The molecule has 0 spiro atoms. The van der Waals surface area contributed by atoms with E-state index in [-0.39, 0.29) is 61.7 Å². The van der Waals surface area contributed by atoms with E-state index < -0.39 is 52.3 Å². The van der Waals surface area contributed by atoms with Crippen molar-refractivity contribution in [1.82, 2.24) is 19.8 Å². The van der Waals surface area contributed by atoms with Gasteiger partial charge in [0.1, 0.15) is 44.3 Å². The standard InChI is InChI=1S/C32H28Cl2FN9O7S2/c1-32(2,30(49)50)51-41-21(20-24(34)53-31(38)40-20)26(45)39-22-27(46)44-23(29(47)48)15(12-52-28(22)44)9-42-5-3-13-4-6-43(19(13)11-42)10-16-17(33)7-14(25(36)37)8-18(16)35/h3-8,11,22,28H,9-10,12H2,1-2H3,(H7-,36,37,38,39,40,45,47,48,49,50)/p+1/t22-,28-/m1/s1. The van der Waals surface area contributed by atoms with E-state index in [0.29, 0.717) is 11.1 Å². The van der Waals surface area contributed by atoms with Crippen molar-refractivity contribution in [3.63, 3.8) is 0 Å². The van der Waals surface area contributed by atoms with Crippen LogP contribution >= 0.6 is 46.3 Å². The van der Waals surface area contributed by atoms with Gasteiger partial charge in [-0.15, -0.1) is 11.8 Å². The Balaban J connectivity index is 1.23. The number of β-lactam (4-membered cyclic amide) rings is 1. The summed E-state index contributed by atoms with van der Waals surface area (Å²) >= 11 is 14.6. The molecule has 0 aliphatic carbocycles. The number of nitrogens with two attached hydrogens (primary N) is 2. The number of aromatic nitrogens is 3. The normalized spacial score (nSPS) is 17.4. The smallest absolute Gasteiger partial charge is 0.352 e. The molecule has 1 saturated heterocycles. The number of carboxylic acid groups (broad SMARTS) is 2. The highest BCUT2D eigenvalue weighted by atomic mass is 35.5. The number of oxime groups is 1. The lowest BCUT2D eigenvalue weighted by molar-refractivity contribution is -0.687. The van der Waals surface area contributed by atoms with Gasteiger partial charge in [-0.25, -0.2) is 19.0 Å². The molecule has 3 aromatic heterocycles. The zero-order valence-electron chi connectivity index (χ0n) is 27.6. The maximum Gasteiger partial charge on any atom is 0.352 e. The van der Waals surface area contributed by atoms with Crippen molar-refractivity contribution in [3.05, 3.63) is 86.1 Å². The molecule has 2 aliphatic rings. The Labute approximate surface area is 317 Å². The van der Waals surface area contributed by atoms with Crippen LogP contribution in [0.4, 0.5) is 9.52 Å². The summed E-state index contributed by atoms with van der Waals surface area (Å²) in [6.07, 6.45) is 5.27. The fourth-order valence-electron chi connectivity index (χ4n) is 5.57. The molecule has 0 unspecified atom stereocenters. The number of amides is 2. The van der Waals surface area contributed by atoms with Crippen LogP contribution in [0.15, 0.2) is 59.3 Å². The van der Waals surface area contributed by atoms with Gasteiger partial charge in [-0.1, -0.05) is 39.7 Å². The number of aliphatic carboxylic acids is 2. The molecule has 0 bridgehead atoms. The third-order valence-electron chi connectivity index (χ3n) is 8.39. The summed E-state index contributed by atoms with van der Waals surface area (Å²) in [7, 11) is 0. The third-order valence-corrected chi connectivity index (χ3v) is 11.1. The molecule has 1 fully saturated rings. The number of nitrogens with zero attached hydrogens (tertiary/aromatic N) is 5. The molecular weight excluding hydrogens is 776 g/mol. The Bertz CT molecular complexity index is 2290. The molecule has 0 radical (unpaired) electrons. The Morgan fingerprint density at radius 3 is 2.62 bits per heavy atom. The van der Waals surface area contributed by atoms with E-state index in [1.807, 2.05) is 12.1 Å². The van der Waals surface area contributed by atoms with E-state index in [1.165, 1.54) is 31.7 Å². The van der Waals surface area contributed by atoms with Crippen LogP contribution < -0.4 is 21.4 Å². The zero-order valence-corrected chi connectivity index (χ0v) is 30.7. The molecular formula is C32H29Cl2FN9O7S2+. The van der Waals surface area contributed by atoms with Gasteiger partial charge in [-0.05, 0) is 32.0 Å². The zero-order chi connectivity index (χ0) is 38.5. The lowest BCUT2D eigenvalue weighted by atomic mass is 10.0. The van der Waals surface area contributed by atoms with Crippen LogP contribution in [0.25, 0.3) is 10.9 Å². The summed E-state index contributed by atoms with van der Waals surface area (Å²) in [4.78, 5) is 61.3. The molecule has 4 aromatic rings. The fourth-order valence-corrected chi connectivity index (χ4v) is 8.10. The Hall–Kier alpha value is -5.24. The number of anilines is 1. The largest absolute Gasteiger partial charge is 0.478 e. The van der Waals surface area contributed by atoms with Crippen molar-refractivity contribution in [3.8, 4) is 0 Å². The molecule has 16 nitrogen and oxygen atoms in total. The third kappa shape index (κ3) is 7.24. The molecule has 2 amide bonds. The highest BCUT2D eigenvalue weighted by Crippen LogP contribution is 2.40. The van der Waals surface area contributed by atoms with Crippen molar-refractivity contribution in [2.45, 2.75) is 44.0 Å². The minimum atomic E-state index is -1.85. The molecule has 5 heterocycles. The number of carboxylic acids is 2. The predicted octanol–water partition coefficient (Wildman–Crippen LogP) is 2.77. The van der Waals surface area contributed by atoms with E-state index in [9.17, 15) is 33.8 Å². The summed E-state index contributed by atoms with van der Waals surface area (Å²) in [5, 5.41) is 33.6. The lowest BCUT2D eigenvalue weighted by Gasteiger charge is -2.49. The van der Waals surface area contributed by atoms with Gasteiger partial charge in [-0.2, -0.15) is 4.57 Å². The molecule has 1 aromatic carbocycles. The van der Waals surface area contributed by atoms with E-state index >= 15 is 0 Å². The summed E-state index contributed by atoms with van der Waals surface area (Å²) < 4.78 is 18.5. The van der Waals surface area contributed by atoms with Crippen LogP contribution in [0, 0.1) is 11.2 Å². The predicted molar refractivity (Wildman–Crippen MR) is 194 cm³/mol. The van der Waals surface area contributed by atoms with E-state index in [2.05, 4.69) is 15.5 Å². The Morgan fingerprint density at radius 2 is 2.00 bits per heavy atom. The van der Waals surface area contributed by atoms with Crippen molar-refractivity contribution >= 4 is 97.6 Å². The number of nitrogen functional groups attached to an aromatic ring is 2. The first-order chi connectivity index (χ1) is 25.0. The fraction of sp³-hybridized carbons (Fsp3) is 0.250. The average molecular weight is 806 g/mol. The average Bonchev–Trinajstić information content (AvgIpc) is 3.65. The molecule has 8 N–H and O–H groups in total. The number of halogens is 3. The van der Waals surface area contributed by atoms with Crippen LogP contribution in [-0.4, -0.2) is 82.7 Å². The number of hydrogen-bond donors (Lipinski definition) is 6. The second-order valence-electron chi connectivity index (χ2n) is 12.4. The number of pyridine rings is 1. The molecule has 2 aliphatic heterocycles. The van der Waals surface area contributed by atoms with Crippen LogP contribution in [0.1, 0.15) is 30.7 Å². The van der Waals surface area contributed by atoms with Crippen molar-refractivity contribution in [2.75, 3.05) is 11.5 Å². The van der Waals surface area contributed by atoms with Crippen molar-refractivity contribution in [1.29, 1.82) is 5.41 Å². The molecule has 2 atom stereocenters. The van der Waals surface area contributed by atoms with Crippen LogP contribution in [0.5, 0.6) is 0 Å². The number of benzene rings is 1. The van der Waals surface area contributed by atoms with Crippen molar-refractivity contribution in [2.24, 2.45) is 10.9 Å². The SMILES string of the molecule is CC(C)(ON=C(C(=O)N[C@@H]1C(=O)N2C(C(=O)O)=C(C[n+]3ccc4ccn(Cc5c(F)cc(C(=N)N)cc5Cl)c4c3)CS[C@H]12)c1nc(N)sc1Cl)C(=O)O. The number of carbonyl (C=O) groups excluding carboxylic acids is 2. The molecule has 6 rings (SSSR count). The second-order valence-corrected chi connectivity index (χ2v) is 15.5. The topological polar surface area (TPSA) is 243 Å². The minimum absolute atomic E-state index is 0.00978. The second kappa shape index (κ2) is 14.3. The van der Waals surface area contributed by atoms with E-state index in [4.69, 9.17) is 44.9 Å². The molecule has 0 saturated carbocycles. The Kier molecular flexibility index (Phi) is 10.1. The number of carbonyl (C=O) groups is 4. The number of hydrogen-bond acceptors (Lipinski definition) is 11. The van der Waals surface area contributed by atoms with E-state index in [1.54, 1.807) is 27.7 Å². The number of rotatable bonds is 12. The molecule has 53 heavy (non-hydrogen) atoms. The van der Waals surface area contributed by atoms with Gasteiger partial charge < -0.3 is 36.4 Å². The summed E-state index contributed by atoms with van der Waals surface area (Å²) in [6, 6.07) is 5.03. The van der Waals surface area contributed by atoms with Crippen LogP contribution in [0.3, 0.4) is 0 Å². The number of nitrogens with one attached hydrogen (secondary N) is 2. The van der Waals surface area contributed by atoms with Gasteiger partial charge in [-0.3, -0.25) is 19.9 Å². The van der Waals surface area contributed by atoms with Crippen molar-refractivity contribution < 1.29 is 43.2 Å². The first-order valence-electron chi connectivity index (χ1n) is 15.4. The molecule has 21 heteroatoms. The number of thiazole rings is 1. The van der Waals surface area contributed by atoms with Gasteiger partial charge in [0.2, 0.25) is 5.60 Å².